The highest BCUT2D eigenvalue weighted by Gasteiger charge is 2.24. The summed E-state index contributed by atoms with van der Waals surface area (Å²) in [6.07, 6.45) is 1.61. The van der Waals surface area contributed by atoms with Crippen molar-refractivity contribution in [2.75, 3.05) is 18.0 Å². The van der Waals surface area contributed by atoms with Crippen molar-refractivity contribution in [3.05, 3.63) is 29.8 Å². The molecule has 5 nitrogen and oxygen atoms in total. The molecule has 1 atom stereocenters. The summed E-state index contributed by atoms with van der Waals surface area (Å²) in [4.78, 5) is 14.1. The first kappa shape index (κ1) is 16.6. The highest BCUT2D eigenvalue weighted by molar-refractivity contribution is 5.68. The van der Waals surface area contributed by atoms with Crippen LogP contribution >= 0.6 is 0 Å². The van der Waals surface area contributed by atoms with Crippen LogP contribution in [0.2, 0.25) is 0 Å². The van der Waals surface area contributed by atoms with Gasteiger partial charge in [-0.1, -0.05) is 12.1 Å². The van der Waals surface area contributed by atoms with Crippen molar-refractivity contribution in [3.8, 4) is 0 Å². The Morgan fingerprint density at radius 1 is 1.45 bits per heavy atom. The number of amides is 1. The van der Waals surface area contributed by atoms with E-state index in [0.717, 1.165) is 37.2 Å². The van der Waals surface area contributed by atoms with E-state index in [9.17, 15) is 9.90 Å². The van der Waals surface area contributed by atoms with Gasteiger partial charge < -0.3 is 20.1 Å². The molecule has 1 aromatic rings. The van der Waals surface area contributed by atoms with Crippen molar-refractivity contribution in [2.24, 2.45) is 0 Å². The Hall–Kier alpha value is -1.75. The molecule has 1 aliphatic heterocycles. The van der Waals surface area contributed by atoms with Crippen LogP contribution in [0.4, 0.5) is 10.5 Å². The second-order valence-electron chi connectivity index (χ2n) is 6.76. The number of nitrogens with zero attached hydrogens (tertiary/aromatic N) is 1. The van der Waals surface area contributed by atoms with E-state index in [2.05, 4.69) is 10.2 Å². The molecule has 1 aliphatic rings. The number of carbonyl (C=O) groups excluding carboxylic acids is 1. The number of hydrogen-bond acceptors (Lipinski definition) is 4. The number of piperidine rings is 1. The zero-order chi connectivity index (χ0) is 16.2. The molecule has 2 N–H and O–H groups in total. The van der Waals surface area contributed by atoms with E-state index in [1.807, 2.05) is 45.0 Å². The SMILES string of the molecule is CC(C)(C)OC(=O)NC1CCCN(c2cccc(CO)c2)C1. The van der Waals surface area contributed by atoms with Crippen molar-refractivity contribution < 1.29 is 14.6 Å². The number of nitrogens with one attached hydrogen (secondary N) is 1. The van der Waals surface area contributed by atoms with Gasteiger partial charge in [-0.2, -0.15) is 0 Å². The number of rotatable bonds is 3. The number of carbonyl (C=O) groups is 1. The van der Waals surface area contributed by atoms with Gasteiger partial charge in [-0.15, -0.1) is 0 Å². The zero-order valence-corrected chi connectivity index (χ0v) is 13.6. The number of ether oxygens (including phenoxy) is 1. The van der Waals surface area contributed by atoms with Gasteiger partial charge >= 0.3 is 6.09 Å². The number of hydrogen-bond donors (Lipinski definition) is 2. The third kappa shape index (κ3) is 4.91. The van der Waals surface area contributed by atoms with Gasteiger partial charge in [-0.25, -0.2) is 4.79 Å². The van der Waals surface area contributed by atoms with Crippen LogP contribution in [0, 0.1) is 0 Å². The molecule has 0 aliphatic carbocycles. The van der Waals surface area contributed by atoms with E-state index in [1.165, 1.54) is 0 Å². The third-order valence-electron chi connectivity index (χ3n) is 3.60. The van der Waals surface area contributed by atoms with Gasteiger partial charge in [0.1, 0.15) is 5.60 Å². The van der Waals surface area contributed by atoms with Crippen LogP contribution in [0.1, 0.15) is 39.2 Å². The van der Waals surface area contributed by atoms with E-state index in [4.69, 9.17) is 4.74 Å². The van der Waals surface area contributed by atoms with Crippen LogP contribution in [0.15, 0.2) is 24.3 Å². The van der Waals surface area contributed by atoms with E-state index < -0.39 is 5.60 Å². The van der Waals surface area contributed by atoms with E-state index >= 15 is 0 Å². The number of alkyl carbamates (subject to hydrolysis) is 1. The van der Waals surface area contributed by atoms with E-state index in [0.29, 0.717) is 0 Å². The lowest BCUT2D eigenvalue weighted by atomic mass is 10.0. The largest absolute Gasteiger partial charge is 0.444 e. The maximum atomic E-state index is 11.9. The normalized spacial score (nSPS) is 18.9. The predicted octanol–water partition coefficient (Wildman–Crippen LogP) is 2.67. The van der Waals surface area contributed by atoms with Crippen molar-refractivity contribution in [2.45, 2.75) is 51.9 Å². The smallest absolute Gasteiger partial charge is 0.407 e. The molecule has 0 bridgehead atoms. The van der Waals surface area contributed by atoms with Crippen LogP contribution in [0.5, 0.6) is 0 Å². The number of aliphatic hydroxyl groups is 1. The van der Waals surface area contributed by atoms with Gasteiger partial charge in [0, 0.05) is 24.8 Å². The first-order valence-electron chi connectivity index (χ1n) is 7.81. The Kier molecular flexibility index (Phi) is 5.29. The fourth-order valence-electron chi connectivity index (χ4n) is 2.66. The van der Waals surface area contributed by atoms with Crippen LogP contribution in [-0.2, 0) is 11.3 Å². The van der Waals surface area contributed by atoms with Crippen LogP contribution < -0.4 is 10.2 Å². The van der Waals surface area contributed by atoms with E-state index in [1.54, 1.807) is 0 Å². The van der Waals surface area contributed by atoms with Gasteiger partial charge in [0.2, 0.25) is 0 Å². The average Bonchev–Trinajstić information content (AvgIpc) is 2.45. The quantitative estimate of drug-likeness (QED) is 0.901. The molecular formula is C17H26N2O3. The van der Waals surface area contributed by atoms with Crippen molar-refractivity contribution in [1.82, 2.24) is 5.32 Å². The van der Waals surface area contributed by atoms with Gasteiger partial charge in [-0.3, -0.25) is 0 Å². The molecule has 1 fully saturated rings. The molecule has 0 aromatic heterocycles. The summed E-state index contributed by atoms with van der Waals surface area (Å²) >= 11 is 0. The summed E-state index contributed by atoms with van der Waals surface area (Å²) in [5.41, 5.74) is 1.51. The van der Waals surface area contributed by atoms with Gasteiger partial charge in [0.15, 0.2) is 0 Å². The molecular weight excluding hydrogens is 280 g/mol. The van der Waals surface area contributed by atoms with Gasteiger partial charge in [0.25, 0.3) is 0 Å². The second-order valence-corrected chi connectivity index (χ2v) is 6.76. The minimum absolute atomic E-state index is 0.0429. The molecule has 2 rings (SSSR count). The molecule has 1 heterocycles. The highest BCUT2D eigenvalue weighted by Crippen LogP contribution is 2.21. The van der Waals surface area contributed by atoms with Gasteiger partial charge in [-0.05, 0) is 51.3 Å². The molecule has 22 heavy (non-hydrogen) atoms. The molecule has 0 spiro atoms. The lowest BCUT2D eigenvalue weighted by Gasteiger charge is -2.35. The molecule has 1 unspecified atom stereocenters. The summed E-state index contributed by atoms with van der Waals surface area (Å²) in [7, 11) is 0. The number of benzene rings is 1. The first-order chi connectivity index (χ1) is 10.4. The fraction of sp³-hybridized carbons (Fsp3) is 0.588. The van der Waals surface area contributed by atoms with Crippen LogP contribution in [0.25, 0.3) is 0 Å². The Morgan fingerprint density at radius 2 is 2.23 bits per heavy atom. The maximum Gasteiger partial charge on any atom is 0.407 e. The summed E-state index contributed by atoms with van der Waals surface area (Å²) in [6, 6.07) is 7.97. The Bertz CT molecular complexity index is 511. The second kappa shape index (κ2) is 7.01. The molecule has 0 radical (unpaired) electrons. The Balaban J connectivity index is 1.95. The standard InChI is InChI=1S/C17H26N2O3/c1-17(2,3)22-16(21)18-14-7-5-9-19(11-14)15-8-4-6-13(10-15)12-20/h4,6,8,10,14,20H,5,7,9,11-12H2,1-3H3,(H,18,21). The summed E-state index contributed by atoms with van der Waals surface area (Å²) in [5.74, 6) is 0. The minimum Gasteiger partial charge on any atom is -0.444 e. The number of aliphatic hydroxyl groups excluding tert-OH is 1. The molecule has 5 heteroatoms. The summed E-state index contributed by atoms with van der Waals surface area (Å²) < 4.78 is 5.32. The first-order valence-corrected chi connectivity index (χ1v) is 7.81. The molecule has 0 saturated carbocycles. The predicted molar refractivity (Wildman–Crippen MR) is 87.0 cm³/mol. The Morgan fingerprint density at radius 3 is 2.91 bits per heavy atom. The lowest BCUT2D eigenvalue weighted by Crippen LogP contribution is -2.49. The zero-order valence-electron chi connectivity index (χ0n) is 13.6. The summed E-state index contributed by atoms with van der Waals surface area (Å²) in [5, 5.41) is 12.2. The third-order valence-corrected chi connectivity index (χ3v) is 3.60. The molecule has 1 aromatic carbocycles. The lowest BCUT2D eigenvalue weighted by molar-refractivity contribution is 0.0500. The van der Waals surface area contributed by atoms with Gasteiger partial charge in [0.05, 0.1) is 6.61 Å². The minimum atomic E-state index is -0.478. The molecule has 1 saturated heterocycles. The van der Waals surface area contributed by atoms with Crippen molar-refractivity contribution in [3.63, 3.8) is 0 Å². The Labute approximate surface area is 132 Å². The average molecular weight is 306 g/mol. The van der Waals surface area contributed by atoms with E-state index in [-0.39, 0.29) is 18.7 Å². The topological polar surface area (TPSA) is 61.8 Å². The molecule has 1 amide bonds. The number of anilines is 1. The van der Waals surface area contributed by atoms with Crippen LogP contribution in [-0.4, -0.2) is 35.9 Å². The molecule has 122 valence electrons. The monoisotopic (exact) mass is 306 g/mol. The highest BCUT2D eigenvalue weighted by atomic mass is 16.6. The maximum absolute atomic E-state index is 11.9. The fourth-order valence-corrected chi connectivity index (χ4v) is 2.66. The van der Waals surface area contributed by atoms with Crippen molar-refractivity contribution in [1.29, 1.82) is 0 Å². The summed E-state index contributed by atoms with van der Waals surface area (Å²) in [6.45, 7) is 7.34. The van der Waals surface area contributed by atoms with Crippen molar-refractivity contribution >= 4 is 11.8 Å². The van der Waals surface area contributed by atoms with Crippen LogP contribution in [0.3, 0.4) is 0 Å².